The molecule has 2 heterocycles. The standard InChI is InChI=1S/C19H29N3O5S/c1-26-18-7-6-16(28(24,25)22-10-12-27-13-11-22)14-17(18)20-19(23)15-21-8-4-2-3-5-9-21/h6-7,14H,2-5,8-13,15H2,1H3,(H,20,23)/p+1. The first kappa shape index (κ1) is 21.0. The fourth-order valence-corrected chi connectivity index (χ4v) is 5.14. The van der Waals surface area contributed by atoms with E-state index in [9.17, 15) is 13.2 Å². The lowest BCUT2D eigenvalue weighted by molar-refractivity contribution is -0.890. The fraction of sp³-hybridized carbons (Fsp3) is 0.632. The number of anilines is 1. The smallest absolute Gasteiger partial charge is 0.279 e. The van der Waals surface area contributed by atoms with Crippen molar-refractivity contribution < 1.29 is 27.6 Å². The number of hydrogen-bond donors (Lipinski definition) is 2. The fourth-order valence-electron chi connectivity index (χ4n) is 3.71. The van der Waals surface area contributed by atoms with Crippen molar-refractivity contribution in [1.82, 2.24) is 4.31 Å². The van der Waals surface area contributed by atoms with E-state index in [1.165, 1.54) is 41.3 Å². The summed E-state index contributed by atoms with van der Waals surface area (Å²) in [4.78, 5) is 14.0. The average Bonchev–Trinajstić information content (AvgIpc) is 2.97. The lowest BCUT2D eigenvalue weighted by atomic mass is 10.2. The lowest BCUT2D eigenvalue weighted by Gasteiger charge is -2.26. The molecule has 0 bridgehead atoms. The van der Waals surface area contributed by atoms with Crippen LogP contribution in [0.3, 0.4) is 0 Å². The molecule has 1 aromatic carbocycles. The summed E-state index contributed by atoms with van der Waals surface area (Å²) in [5.41, 5.74) is 0.385. The second-order valence-electron chi connectivity index (χ2n) is 7.27. The van der Waals surface area contributed by atoms with E-state index in [2.05, 4.69) is 5.32 Å². The van der Waals surface area contributed by atoms with Gasteiger partial charge in [0.1, 0.15) is 5.75 Å². The monoisotopic (exact) mass is 412 g/mol. The van der Waals surface area contributed by atoms with E-state index in [0.717, 1.165) is 25.9 Å². The third-order valence-electron chi connectivity index (χ3n) is 5.27. The third kappa shape index (κ3) is 5.22. The Balaban J connectivity index is 1.74. The molecule has 8 nitrogen and oxygen atoms in total. The maximum atomic E-state index is 12.9. The quantitative estimate of drug-likeness (QED) is 0.693. The van der Waals surface area contributed by atoms with Gasteiger partial charge in [-0.25, -0.2) is 8.42 Å². The lowest BCUT2D eigenvalue weighted by Crippen LogP contribution is -3.12. The highest BCUT2D eigenvalue weighted by atomic mass is 32.2. The van der Waals surface area contributed by atoms with E-state index < -0.39 is 10.0 Å². The molecule has 2 saturated heterocycles. The summed E-state index contributed by atoms with van der Waals surface area (Å²) in [6, 6.07) is 4.58. The maximum absolute atomic E-state index is 12.9. The SMILES string of the molecule is COc1ccc(S(=O)(=O)N2CCOCC2)cc1NC(=O)C[NH+]1CCCCCC1. The van der Waals surface area contributed by atoms with Gasteiger partial charge in [0.05, 0.1) is 44.0 Å². The van der Waals surface area contributed by atoms with Gasteiger partial charge in [0, 0.05) is 13.1 Å². The zero-order valence-electron chi connectivity index (χ0n) is 16.4. The molecule has 1 aromatic rings. The van der Waals surface area contributed by atoms with Crippen molar-refractivity contribution in [2.75, 3.05) is 58.4 Å². The van der Waals surface area contributed by atoms with Gasteiger partial charge in [-0.15, -0.1) is 0 Å². The third-order valence-corrected chi connectivity index (χ3v) is 7.17. The van der Waals surface area contributed by atoms with Gasteiger partial charge in [0.15, 0.2) is 6.54 Å². The van der Waals surface area contributed by atoms with Crippen LogP contribution in [0.15, 0.2) is 23.1 Å². The van der Waals surface area contributed by atoms with Gasteiger partial charge in [-0.3, -0.25) is 4.79 Å². The Morgan fingerprint density at radius 1 is 1.18 bits per heavy atom. The molecule has 9 heteroatoms. The van der Waals surface area contributed by atoms with Crippen LogP contribution in [0.1, 0.15) is 25.7 Å². The van der Waals surface area contributed by atoms with Crippen LogP contribution in [0.25, 0.3) is 0 Å². The normalized spacial score (nSPS) is 19.8. The zero-order chi connectivity index (χ0) is 20.0. The van der Waals surface area contributed by atoms with Crippen molar-refractivity contribution in [2.45, 2.75) is 30.6 Å². The molecule has 0 unspecified atom stereocenters. The number of amides is 1. The Morgan fingerprint density at radius 2 is 1.86 bits per heavy atom. The van der Waals surface area contributed by atoms with E-state index in [-0.39, 0.29) is 10.8 Å². The number of likely N-dealkylation sites (tertiary alicyclic amines) is 1. The highest BCUT2D eigenvalue weighted by Crippen LogP contribution is 2.29. The number of quaternary nitrogens is 1. The summed E-state index contributed by atoms with van der Waals surface area (Å²) in [6.07, 6.45) is 4.72. The van der Waals surface area contributed by atoms with Gasteiger partial charge in [0.2, 0.25) is 10.0 Å². The number of nitrogens with zero attached hydrogens (tertiary/aromatic N) is 1. The summed E-state index contributed by atoms with van der Waals surface area (Å²) in [6.45, 7) is 3.80. The van der Waals surface area contributed by atoms with E-state index in [1.54, 1.807) is 6.07 Å². The number of morpholine rings is 1. The van der Waals surface area contributed by atoms with Crippen molar-refractivity contribution in [3.8, 4) is 5.75 Å². The Hall–Kier alpha value is -1.68. The van der Waals surface area contributed by atoms with E-state index in [0.29, 0.717) is 44.3 Å². The Bertz CT molecular complexity index is 770. The molecule has 0 saturated carbocycles. The van der Waals surface area contributed by atoms with E-state index in [1.807, 2.05) is 0 Å². The predicted molar refractivity (Wildman–Crippen MR) is 105 cm³/mol. The average molecular weight is 413 g/mol. The number of hydrogen-bond acceptors (Lipinski definition) is 5. The second-order valence-corrected chi connectivity index (χ2v) is 9.21. The number of nitrogens with one attached hydrogen (secondary N) is 2. The zero-order valence-corrected chi connectivity index (χ0v) is 17.2. The van der Waals surface area contributed by atoms with Crippen molar-refractivity contribution in [3.63, 3.8) is 0 Å². The number of methoxy groups -OCH3 is 1. The Morgan fingerprint density at radius 3 is 2.50 bits per heavy atom. The molecule has 0 spiro atoms. The number of benzene rings is 1. The first-order valence-corrected chi connectivity index (χ1v) is 11.3. The molecule has 0 aliphatic carbocycles. The Labute approximate surface area is 166 Å². The van der Waals surface area contributed by atoms with Crippen molar-refractivity contribution >= 4 is 21.6 Å². The first-order valence-electron chi connectivity index (χ1n) is 9.90. The molecule has 2 fully saturated rings. The van der Waals surface area contributed by atoms with Gasteiger partial charge in [0.25, 0.3) is 5.91 Å². The molecule has 2 N–H and O–H groups in total. The summed E-state index contributed by atoms with van der Waals surface area (Å²) in [5.74, 6) is 0.316. The van der Waals surface area contributed by atoms with Gasteiger partial charge in [-0.2, -0.15) is 4.31 Å². The number of ether oxygens (including phenoxy) is 2. The molecular formula is C19H30N3O5S+. The molecule has 0 atom stereocenters. The van der Waals surface area contributed by atoms with Crippen molar-refractivity contribution in [1.29, 1.82) is 0 Å². The number of rotatable bonds is 6. The maximum Gasteiger partial charge on any atom is 0.279 e. The van der Waals surface area contributed by atoms with Gasteiger partial charge >= 0.3 is 0 Å². The van der Waals surface area contributed by atoms with Crippen LogP contribution in [0.5, 0.6) is 5.75 Å². The summed E-state index contributed by atoms with van der Waals surface area (Å²) < 4.78 is 37.8. The van der Waals surface area contributed by atoms with Crippen molar-refractivity contribution in [3.05, 3.63) is 18.2 Å². The minimum Gasteiger partial charge on any atom is -0.495 e. The number of carbonyl (C=O) groups excluding carboxylic acids is 1. The Kier molecular flexibility index (Phi) is 7.28. The largest absolute Gasteiger partial charge is 0.495 e. The van der Waals surface area contributed by atoms with Gasteiger partial charge in [-0.05, 0) is 43.9 Å². The molecule has 156 valence electrons. The highest BCUT2D eigenvalue weighted by molar-refractivity contribution is 7.89. The molecule has 28 heavy (non-hydrogen) atoms. The van der Waals surface area contributed by atoms with Gasteiger partial charge < -0.3 is 19.7 Å². The molecule has 1 amide bonds. The van der Waals surface area contributed by atoms with Crippen LogP contribution in [0.4, 0.5) is 5.69 Å². The van der Waals surface area contributed by atoms with Crippen LogP contribution in [-0.4, -0.2) is 71.7 Å². The molecule has 3 rings (SSSR count). The van der Waals surface area contributed by atoms with Crippen LogP contribution < -0.4 is 15.0 Å². The summed E-state index contributed by atoms with van der Waals surface area (Å²) in [5, 5.41) is 2.85. The molecule has 2 aliphatic rings. The molecule has 2 aliphatic heterocycles. The molecule has 0 radical (unpaired) electrons. The minimum absolute atomic E-state index is 0.129. The predicted octanol–water partition coefficient (Wildman–Crippen LogP) is 0.114. The van der Waals surface area contributed by atoms with E-state index >= 15 is 0 Å². The highest BCUT2D eigenvalue weighted by Gasteiger charge is 2.27. The minimum atomic E-state index is -3.64. The van der Waals surface area contributed by atoms with Crippen LogP contribution in [0.2, 0.25) is 0 Å². The number of carbonyl (C=O) groups is 1. The summed E-state index contributed by atoms with van der Waals surface area (Å²) >= 11 is 0. The van der Waals surface area contributed by atoms with Crippen LogP contribution >= 0.6 is 0 Å². The summed E-state index contributed by atoms with van der Waals surface area (Å²) in [7, 11) is -2.13. The second kappa shape index (κ2) is 9.69. The van der Waals surface area contributed by atoms with E-state index in [4.69, 9.17) is 9.47 Å². The van der Waals surface area contributed by atoms with Crippen molar-refractivity contribution in [2.24, 2.45) is 0 Å². The van der Waals surface area contributed by atoms with Crippen LogP contribution in [0, 0.1) is 0 Å². The topological polar surface area (TPSA) is 89.4 Å². The van der Waals surface area contributed by atoms with Crippen LogP contribution in [-0.2, 0) is 19.6 Å². The molecular weight excluding hydrogens is 382 g/mol. The molecule has 0 aromatic heterocycles. The number of sulfonamides is 1. The van der Waals surface area contributed by atoms with Gasteiger partial charge in [-0.1, -0.05) is 0 Å². The first-order chi connectivity index (χ1) is 13.5.